The van der Waals surface area contributed by atoms with Crippen molar-refractivity contribution in [2.75, 3.05) is 7.11 Å². The van der Waals surface area contributed by atoms with Crippen molar-refractivity contribution < 1.29 is 41.3 Å². The lowest BCUT2D eigenvalue weighted by Gasteiger charge is -2.31. The molecular formula is C15H14ClF5O4. The van der Waals surface area contributed by atoms with Crippen molar-refractivity contribution in [3.8, 4) is 5.75 Å². The highest BCUT2D eigenvalue weighted by molar-refractivity contribution is 6.30. The van der Waals surface area contributed by atoms with Gasteiger partial charge < -0.3 is 14.6 Å². The second kappa shape index (κ2) is 6.28. The first kappa shape index (κ1) is 19.7. The molecule has 4 atom stereocenters. The van der Waals surface area contributed by atoms with Crippen LogP contribution in [0.2, 0.25) is 5.02 Å². The van der Waals surface area contributed by atoms with Gasteiger partial charge in [-0.25, -0.2) is 9.18 Å². The number of ether oxygens (including phenoxy) is 2. The fourth-order valence-electron chi connectivity index (χ4n) is 2.98. The van der Waals surface area contributed by atoms with Crippen molar-refractivity contribution in [1.29, 1.82) is 0 Å². The molecule has 1 heterocycles. The number of methoxy groups -OCH3 is 1. The number of hydrogen-bond donors (Lipinski definition) is 1. The summed E-state index contributed by atoms with van der Waals surface area (Å²) >= 11 is 5.53. The molecule has 1 aromatic rings. The number of phenols is 1. The van der Waals surface area contributed by atoms with Crippen LogP contribution in [0.1, 0.15) is 25.3 Å². The number of esters is 1. The van der Waals surface area contributed by atoms with Crippen molar-refractivity contribution in [1.82, 2.24) is 0 Å². The van der Waals surface area contributed by atoms with Crippen LogP contribution in [0.4, 0.5) is 22.0 Å². The SMILES string of the molecule is COC(=O)C1OC(C)(C(F)(F)F)C(C)C1c1cc(Cl)c(F)c(F)c1O. The average Bonchev–Trinajstić information content (AvgIpc) is 2.81. The van der Waals surface area contributed by atoms with Crippen LogP contribution in [0.15, 0.2) is 6.07 Å². The minimum absolute atomic E-state index is 0.472. The third-order valence-corrected chi connectivity index (χ3v) is 4.90. The molecule has 0 radical (unpaired) electrons. The summed E-state index contributed by atoms with van der Waals surface area (Å²) < 4.78 is 77.0. The van der Waals surface area contributed by atoms with Gasteiger partial charge in [0.05, 0.1) is 12.1 Å². The van der Waals surface area contributed by atoms with Crippen molar-refractivity contribution in [2.45, 2.75) is 37.6 Å². The van der Waals surface area contributed by atoms with E-state index in [1.807, 2.05) is 0 Å². The molecular weight excluding hydrogens is 375 g/mol. The van der Waals surface area contributed by atoms with E-state index in [9.17, 15) is 31.9 Å². The Labute approximate surface area is 144 Å². The molecule has 0 aliphatic carbocycles. The summed E-state index contributed by atoms with van der Waals surface area (Å²) in [6.45, 7) is 1.85. The average molecular weight is 389 g/mol. The molecule has 4 nitrogen and oxygen atoms in total. The highest BCUT2D eigenvalue weighted by Gasteiger charge is 2.66. The van der Waals surface area contributed by atoms with Crippen LogP contribution in [0.3, 0.4) is 0 Å². The molecule has 1 fully saturated rings. The Morgan fingerprint density at radius 2 is 1.92 bits per heavy atom. The Kier molecular flexibility index (Phi) is 4.95. The molecule has 1 N–H and O–H groups in total. The maximum absolute atomic E-state index is 13.8. The van der Waals surface area contributed by atoms with Crippen molar-refractivity contribution in [3.05, 3.63) is 28.3 Å². The number of aromatic hydroxyl groups is 1. The van der Waals surface area contributed by atoms with Gasteiger partial charge in [-0.2, -0.15) is 17.6 Å². The first-order valence-electron chi connectivity index (χ1n) is 7.05. The van der Waals surface area contributed by atoms with Gasteiger partial charge in [0.25, 0.3) is 0 Å². The molecule has 0 amide bonds. The van der Waals surface area contributed by atoms with Gasteiger partial charge in [-0.15, -0.1) is 0 Å². The van der Waals surface area contributed by atoms with Gasteiger partial charge in [-0.05, 0) is 13.0 Å². The predicted octanol–water partition coefficient (Wildman–Crippen LogP) is 3.94. The fraction of sp³-hybridized carbons (Fsp3) is 0.533. The molecule has 10 heteroatoms. The third kappa shape index (κ3) is 2.93. The lowest BCUT2D eigenvalue weighted by atomic mass is 9.77. The number of carbonyl (C=O) groups is 1. The Bertz CT molecular complexity index is 708. The van der Waals surface area contributed by atoms with E-state index in [4.69, 9.17) is 16.3 Å². The zero-order valence-electron chi connectivity index (χ0n) is 13.2. The summed E-state index contributed by atoms with van der Waals surface area (Å²) in [6, 6.07) is 0.776. The van der Waals surface area contributed by atoms with Crippen LogP contribution in [0.25, 0.3) is 0 Å². The number of rotatable bonds is 2. The van der Waals surface area contributed by atoms with Gasteiger partial charge >= 0.3 is 12.1 Å². The Balaban J connectivity index is 2.67. The number of carbonyl (C=O) groups excluding carboxylic acids is 1. The lowest BCUT2D eigenvalue weighted by molar-refractivity contribution is -0.274. The van der Waals surface area contributed by atoms with Crippen LogP contribution in [0.5, 0.6) is 5.75 Å². The molecule has 0 spiro atoms. The summed E-state index contributed by atoms with van der Waals surface area (Å²) in [6.07, 6.45) is -6.66. The van der Waals surface area contributed by atoms with E-state index in [0.717, 1.165) is 27.0 Å². The van der Waals surface area contributed by atoms with E-state index in [2.05, 4.69) is 4.74 Å². The Morgan fingerprint density at radius 1 is 1.36 bits per heavy atom. The third-order valence-electron chi connectivity index (χ3n) is 4.63. The van der Waals surface area contributed by atoms with Crippen LogP contribution >= 0.6 is 11.6 Å². The molecule has 1 aliphatic rings. The number of benzene rings is 1. The van der Waals surface area contributed by atoms with Gasteiger partial charge in [-0.3, -0.25) is 0 Å². The number of phenolic OH excluding ortho intramolecular Hbond substituents is 1. The van der Waals surface area contributed by atoms with Crippen molar-refractivity contribution in [3.63, 3.8) is 0 Å². The summed E-state index contributed by atoms with van der Waals surface area (Å²) in [4.78, 5) is 11.9. The van der Waals surface area contributed by atoms with Crippen LogP contribution in [0, 0.1) is 17.6 Å². The maximum atomic E-state index is 13.8. The van der Waals surface area contributed by atoms with Gasteiger partial charge in [0.1, 0.15) is 0 Å². The Morgan fingerprint density at radius 3 is 2.40 bits per heavy atom. The maximum Gasteiger partial charge on any atom is 0.417 e. The zero-order valence-corrected chi connectivity index (χ0v) is 14.0. The van der Waals surface area contributed by atoms with Gasteiger partial charge in [-0.1, -0.05) is 18.5 Å². The molecule has 2 rings (SSSR count). The molecule has 1 aromatic carbocycles. The second-order valence-corrected chi connectivity index (χ2v) is 6.31. The van der Waals surface area contributed by atoms with Gasteiger partial charge in [0, 0.05) is 17.4 Å². The van der Waals surface area contributed by atoms with Crippen molar-refractivity contribution in [2.24, 2.45) is 5.92 Å². The summed E-state index contributed by atoms with van der Waals surface area (Å²) in [7, 11) is 0.939. The van der Waals surface area contributed by atoms with E-state index in [0.29, 0.717) is 0 Å². The first-order valence-corrected chi connectivity index (χ1v) is 7.43. The molecule has 0 bridgehead atoms. The minimum Gasteiger partial charge on any atom is -0.505 e. The van der Waals surface area contributed by atoms with E-state index in [1.165, 1.54) is 0 Å². The minimum atomic E-state index is -4.87. The smallest absolute Gasteiger partial charge is 0.417 e. The molecule has 1 aliphatic heterocycles. The molecule has 140 valence electrons. The topological polar surface area (TPSA) is 55.8 Å². The summed E-state index contributed by atoms with van der Waals surface area (Å²) in [5.74, 6) is -8.57. The number of halogens is 6. The van der Waals surface area contributed by atoms with E-state index < -0.39 is 63.7 Å². The fourth-order valence-corrected chi connectivity index (χ4v) is 3.18. The zero-order chi connectivity index (χ0) is 19.3. The summed E-state index contributed by atoms with van der Waals surface area (Å²) in [5.41, 5.74) is -3.25. The molecule has 1 saturated heterocycles. The van der Waals surface area contributed by atoms with Crippen LogP contribution in [-0.4, -0.2) is 36.1 Å². The van der Waals surface area contributed by atoms with E-state index in [1.54, 1.807) is 0 Å². The largest absolute Gasteiger partial charge is 0.505 e. The van der Waals surface area contributed by atoms with Gasteiger partial charge in [0.15, 0.2) is 23.3 Å². The van der Waals surface area contributed by atoms with Gasteiger partial charge in [0.2, 0.25) is 5.82 Å². The normalized spacial score (nSPS) is 29.7. The van der Waals surface area contributed by atoms with E-state index >= 15 is 0 Å². The molecule has 25 heavy (non-hydrogen) atoms. The number of alkyl halides is 3. The lowest BCUT2D eigenvalue weighted by Crippen LogP contribution is -2.47. The van der Waals surface area contributed by atoms with Crippen LogP contribution < -0.4 is 0 Å². The molecule has 0 saturated carbocycles. The first-order chi connectivity index (χ1) is 11.4. The monoisotopic (exact) mass is 388 g/mol. The Hall–Kier alpha value is -1.61. The van der Waals surface area contributed by atoms with Crippen molar-refractivity contribution >= 4 is 17.6 Å². The highest BCUT2D eigenvalue weighted by Crippen LogP contribution is 2.55. The summed E-state index contributed by atoms with van der Waals surface area (Å²) in [5, 5.41) is 9.12. The molecule has 4 unspecified atom stereocenters. The van der Waals surface area contributed by atoms with E-state index in [-0.39, 0.29) is 0 Å². The molecule has 0 aromatic heterocycles. The highest BCUT2D eigenvalue weighted by atomic mass is 35.5. The predicted molar refractivity (Wildman–Crippen MR) is 76.3 cm³/mol. The standard InChI is InChI=1S/C15H14ClF5O4/c1-5-8(6-4-7(16)9(17)10(18)11(6)22)12(13(23)24-3)25-14(5,2)15(19,20)21/h4-5,8,12,22H,1-3H3. The number of hydrogen-bond acceptors (Lipinski definition) is 4. The quantitative estimate of drug-likeness (QED) is 0.474. The van der Waals surface area contributed by atoms with Crippen LogP contribution in [-0.2, 0) is 14.3 Å². The second-order valence-electron chi connectivity index (χ2n) is 5.91.